The molecule has 5 heteroatoms. The van der Waals surface area contributed by atoms with Crippen LogP contribution < -0.4 is 0 Å². The molecule has 0 fully saturated rings. The lowest BCUT2D eigenvalue weighted by Gasteiger charge is -2.12. The molecule has 0 atom stereocenters. The van der Waals surface area contributed by atoms with Gasteiger partial charge in [0.05, 0.1) is 16.7 Å². The van der Waals surface area contributed by atoms with Crippen molar-refractivity contribution >= 4 is 43.7 Å². The van der Waals surface area contributed by atoms with Crippen LogP contribution in [0.25, 0.3) is 94.7 Å². The molecule has 0 spiro atoms. The van der Waals surface area contributed by atoms with Gasteiger partial charge in [0, 0.05) is 38.2 Å². The Morgan fingerprint density at radius 1 is 0.400 bits per heavy atom. The minimum atomic E-state index is 0.592. The number of hydrogen-bond donors (Lipinski definition) is 0. The summed E-state index contributed by atoms with van der Waals surface area (Å²) in [5.41, 5.74) is 9.76. The van der Waals surface area contributed by atoms with Crippen molar-refractivity contribution in [1.82, 2.24) is 19.5 Å². The predicted octanol–water partition coefficient (Wildman–Crippen LogP) is 11.5. The first-order chi connectivity index (χ1) is 24.8. The van der Waals surface area contributed by atoms with Crippen molar-refractivity contribution in [3.05, 3.63) is 170 Å². The Balaban J connectivity index is 1.31. The first kappa shape index (κ1) is 28.2. The van der Waals surface area contributed by atoms with Crippen molar-refractivity contribution in [3.63, 3.8) is 0 Å². The Bertz CT molecular complexity index is 2750. The minimum Gasteiger partial charge on any atom is -0.454 e. The largest absolute Gasteiger partial charge is 0.454 e. The highest BCUT2D eigenvalue weighted by Crippen LogP contribution is 2.43. The maximum Gasteiger partial charge on any atom is 0.164 e. The van der Waals surface area contributed by atoms with E-state index >= 15 is 0 Å². The first-order valence-electron chi connectivity index (χ1n) is 16.7. The topological polar surface area (TPSA) is 56.7 Å². The van der Waals surface area contributed by atoms with Crippen LogP contribution in [0.5, 0.6) is 0 Å². The number of furan rings is 1. The van der Waals surface area contributed by atoms with E-state index in [2.05, 4.69) is 102 Å². The molecule has 0 saturated heterocycles. The maximum absolute atomic E-state index is 6.90. The average molecular weight is 641 g/mol. The number of hydrogen-bond acceptors (Lipinski definition) is 4. The van der Waals surface area contributed by atoms with E-state index in [1.807, 2.05) is 72.8 Å². The normalized spacial score (nSPS) is 11.6. The number of benzene rings is 7. The smallest absolute Gasteiger partial charge is 0.164 e. The zero-order valence-corrected chi connectivity index (χ0v) is 26.9. The molecule has 10 aromatic rings. The van der Waals surface area contributed by atoms with E-state index in [1.54, 1.807) is 0 Å². The zero-order valence-electron chi connectivity index (χ0n) is 26.9. The Labute approximate surface area is 287 Å². The molecule has 7 aromatic carbocycles. The Kier molecular flexibility index (Phi) is 6.42. The maximum atomic E-state index is 6.90. The molecule has 0 bridgehead atoms. The van der Waals surface area contributed by atoms with Crippen molar-refractivity contribution in [2.75, 3.05) is 0 Å². The van der Waals surface area contributed by atoms with Crippen LogP contribution in [0.15, 0.2) is 174 Å². The minimum absolute atomic E-state index is 0.592. The highest BCUT2D eigenvalue weighted by molar-refractivity contribution is 6.16. The molecule has 50 heavy (non-hydrogen) atoms. The monoisotopic (exact) mass is 640 g/mol. The molecule has 0 N–H and O–H groups in total. The van der Waals surface area contributed by atoms with Gasteiger partial charge in [0.15, 0.2) is 23.1 Å². The van der Waals surface area contributed by atoms with Crippen molar-refractivity contribution in [3.8, 4) is 51.0 Å². The average Bonchev–Trinajstić information content (AvgIpc) is 3.74. The van der Waals surface area contributed by atoms with Gasteiger partial charge in [-0.3, -0.25) is 0 Å². The Morgan fingerprint density at radius 2 is 0.920 bits per heavy atom. The Morgan fingerprint density at radius 3 is 1.52 bits per heavy atom. The van der Waals surface area contributed by atoms with E-state index in [0.29, 0.717) is 17.5 Å². The van der Waals surface area contributed by atoms with Gasteiger partial charge >= 0.3 is 0 Å². The molecule has 234 valence electrons. The number of rotatable bonds is 5. The van der Waals surface area contributed by atoms with Gasteiger partial charge in [-0.15, -0.1) is 0 Å². The third kappa shape index (κ3) is 4.52. The summed E-state index contributed by atoms with van der Waals surface area (Å²) in [6.45, 7) is 0. The van der Waals surface area contributed by atoms with Crippen LogP contribution in [0.2, 0.25) is 0 Å². The van der Waals surface area contributed by atoms with E-state index in [-0.39, 0.29) is 0 Å². The molecule has 3 heterocycles. The third-order valence-corrected chi connectivity index (χ3v) is 9.45. The fourth-order valence-electron chi connectivity index (χ4n) is 7.17. The standard InChI is InChI=1S/C45H28N4O/c1-4-15-29(16-5-1)32-27-36-41-35(45-47-43(30-17-6-2-7-18-30)46-44(48-45)31-19-8-3-9-20-31)23-14-26-40(41)50-42(36)39(28-32)49-37-24-12-10-21-33(37)34-22-11-13-25-38(34)49/h1-28H. The van der Waals surface area contributed by atoms with Gasteiger partial charge in [0.1, 0.15) is 5.58 Å². The third-order valence-electron chi connectivity index (χ3n) is 9.45. The van der Waals surface area contributed by atoms with E-state index in [0.717, 1.165) is 66.5 Å². The number of nitrogens with zero attached hydrogens (tertiary/aromatic N) is 4. The van der Waals surface area contributed by atoms with Crippen LogP contribution in [0, 0.1) is 0 Å². The summed E-state index contributed by atoms with van der Waals surface area (Å²) in [5, 5.41) is 4.36. The summed E-state index contributed by atoms with van der Waals surface area (Å²) in [6, 6.07) is 58.5. The lowest BCUT2D eigenvalue weighted by molar-refractivity contribution is 0.666. The van der Waals surface area contributed by atoms with Gasteiger partial charge < -0.3 is 8.98 Å². The molecule has 0 aliphatic heterocycles. The lowest BCUT2D eigenvalue weighted by Crippen LogP contribution is -2.00. The fourth-order valence-corrected chi connectivity index (χ4v) is 7.17. The predicted molar refractivity (Wildman–Crippen MR) is 203 cm³/mol. The Hall–Kier alpha value is -6.85. The molecule has 3 aromatic heterocycles. The van der Waals surface area contributed by atoms with Gasteiger partial charge in [-0.2, -0.15) is 0 Å². The molecule has 0 aliphatic rings. The summed E-state index contributed by atoms with van der Waals surface area (Å²) < 4.78 is 9.23. The zero-order chi connectivity index (χ0) is 33.0. The van der Waals surface area contributed by atoms with Crippen molar-refractivity contribution in [1.29, 1.82) is 0 Å². The highest BCUT2D eigenvalue weighted by atomic mass is 16.3. The van der Waals surface area contributed by atoms with Crippen molar-refractivity contribution < 1.29 is 4.42 Å². The van der Waals surface area contributed by atoms with Gasteiger partial charge in [-0.1, -0.05) is 140 Å². The second-order valence-corrected chi connectivity index (χ2v) is 12.4. The molecule has 10 rings (SSSR count). The summed E-state index contributed by atoms with van der Waals surface area (Å²) in [5.74, 6) is 1.83. The van der Waals surface area contributed by atoms with Crippen LogP contribution in [-0.4, -0.2) is 19.5 Å². The van der Waals surface area contributed by atoms with E-state index in [1.165, 1.54) is 10.8 Å². The summed E-state index contributed by atoms with van der Waals surface area (Å²) in [6.07, 6.45) is 0. The number of para-hydroxylation sites is 2. The molecule has 0 radical (unpaired) electrons. The second kappa shape index (κ2) is 11.4. The van der Waals surface area contributed by atoms with Gasteiger partial charge in [0.2, 0.25) is 0 Å². The lowest BCUT2D eigenvalue weighted by atomic mass is 9.99. The molecular weight excluding hydrogens is 613 g/mol. The number of aromatic nitrogens is 4. The quantitative estimate of drug-likeness (QED) is 0.188. The van der Waals surface area contributed by atoms with Gasteiger partial charge in [-0.05, 0) is 41.5 Å². The van der Waals surface area contributed by atoms with Crippen LogP contribution >= 0.6 is 0 Å². The molecule has 0 amide bonds. The SMILES string of the molecule is c1ccc(-c2cc(-n3c4ccccc4c4ccccc43)c3oc4cccc(-c5nc(-c6ccccc6)nc(-c6ccccc6)n5)c4c3c2)cc1. The van der Waals surface area contributed by atoms with Crippen LogP contribution in [-0.2, 0) is 0 Å². The number of fused-ring (bicyclic) bond motifs is 6. The summed E-state index contributed by atoms with van der Waals surface area (Å²) in [4.78, 5) is 15.1. The van der Waals surface area contributed by atoms with Crippen LogP contribution in [0.4, 0.5) is 0 Å². The molecule has 0 unspecified atom stereocenters. The van der Waals surface area contributed by atoms with E-state index < -0.39 is 0 Å². The van der Waals surface area contributed by atoms with Crippen molar-refractivity contribution in [2.45, 2.75) is 0 Å². The highest BCUT2D eigenvalue weighted by Gasteiger charge is 2.22. The second-order valence-electron chi connectivity index (χ2n) is 12.4. The van der Waals surface area contributed by atoms with Gasteiger partial charge in [0.25, 0.3) is 0 Å². The molecule has 5 nitrogen and oxygen atoms in total. The molecule has 0 saturated carbocycles. The van der Waals surface area contributed by atoms with E-state index in [9.17, 15) is 0 Å². The summed E-state index contributed by atoms with van der Waals surface area (Å²) in [7, 11) is 0. The summed E-state index contributed by atoms with van der Waals surface area (Å²) >= 11 is 0. The van der Waals surface area contributed by atoms with E-state index in [4.69, 9.17) is 19.4 Å². The molecule has 0 aliphatic carbocycles. The fraction of sp³-hybridized carbons (Fsp3) is 0. The van der Waals surface area contributed by atoms with Crippen LogP contribution in [0.1, 0.15) is 0 Å². The van der Waals surface area contributed by atoms with Gasteiger partial charge in [-0.25, -0.2) is 15.0 Å². The van der Waals surface area contributed by atoms with Crippen molar-refractivity contribution in [2.24, 2.45) is 0 Å². The first-order valence-corrected chi connectivity index (χ1v) is 16.7. The molecular formula is C45H28N4O. The van der Waals surface area contributed by atoms with Crippen LogP contribution in [0.3, 0.4) is 0 Å².